The number of hydrogen-bond donors (Lipinski definition) is 2. The number of ketones is 1. The fourth-order valence-corrected chi connectivity index (χ4v) is 4.52. The highest BCUT2D eigenvalue weighted by Crippen LogP contribution is 2.44. The maximum absolute atomic E-state index is 13.1. The van der Waals surface area contributed by atoms with Crippen molar-refractivity contribution in [2.24, 2.45) is 5.73 Å². The molecule has 2 atom stereocenters. The van der Waals surface area contributed by atoms with E-state index in [1.54, 1.807) is 32.2 Å². The van der Waals surface area contributed by atoms with Crippen molar-refractivity contribution in [1.29, 1.82) is 0 Å². The van der Waals surface area contributed by atoms with Gasteiger partial charge >= 0.3 is 0 Å². The zero-order chi connectivity index (χ0) is 26.4. The number of ether oxygens (including phenoxy) is 3. The largest absolute Gasteiger partial charge is 0.493 e. The number of aryl methyl sites for hydroxylation is 1. The van der Waals surface area contributed by atoms with Gasteiger partial charge in [-0.15, -0.1) is 0 Å². The highest BCUT2D eigenvalue weighted by molar-refractivity contribution is 5.96. The third-order valence-electron chi connectivity index (χ3n) is 7.12. The second-order valence-electron chi connectivity index (χ2n) is 10.7. The van der Waals surface area contributed by atoms with Gasteiger partial charge in [0.1, 0.15) is 17.9 Å². The molecule has 0 spiro atoms. The van der Waals surface area contributed by atoms with E-state index in [2.05, 4.69) is 0 Å². The smallest absolute Gasteiger partial charge is 0.163 e. The summed E-state index contributed by atoms with van der Waals surface area (Å²) in [5.41, 5.74) is 8.90. The van der Waals surface area contributed by atoms with Gasteiger partial charge in [0.05, 0.1) is 24.4 Å². The number of fused-ring (bicyclic) bond motifs is 1. The van der Waals surface area contributed by atoms with Crippen molar-refractivity contribution in [3.05, 3.63) is 70.9 Å². The molecule has 3 N–H and O–H groups in total. The highest BCUT2D eigenvalue weighted by Gasteiger charge is 2.38. The van der Waals surface area contributed by atoms with Gasteiger partial charge in [-0.3, -0.25) is 4.79 Å². The Morgan fingerprint density at radius 3 is 2.59 bits per heavy atom. The lowest BCUT2D eigenvalue weighted by Crippen LogP contribution is -2.35. The Labute approximate surface area is 217 Å². The molecular weight excluding hydrogens is 468 g/mol. The van der Waals surface area contributed by atoms with E-state index in [0.717, 1.165) is 29.5 Å². The van der Waals surface area contributed by atoms with E-state index in [0.29, 0.717) is 40.8 Å². The quantitative estimate of drug-likeness (QED) is 0.395. The number of nitrogens with two attached hydrogens (primary N) is 1. The number of rotatable bonds is 9. The zero-order valence-electron chi connectivity index (χ0n) is 21.8. The van der Waals surface area contributed by atoms with Crippen LogP contribution < -0.4 is 19.9 Å². The Morgan fingerprint density at radius 1 is 1.19 bits per heavy atom. The molecule has 7 nitrogen and oxygen atoms in total. The topological polar surface area (TPSA) is 104 Å². The van der Waals surface area contributed by atoms with Crippen molar-refractivity contribution in [2.45, 2.75) is 63.7 Å². The fraction of sp³-hybridized carbons (Fsp3) is 0.400. The summed E-state index contributed by atoms with van der Waals surface area (Å²) < 4.78 is 17.3. The van der Waals surface area contributed by atoms with Crippen LogP contribution >= 0.6 is 0 Å². The summed E-state index contributed by atoms with van der Waals surface area (Å²) in [6.45, 7) is 5.94. The molecule has 1 aliphatic heterocycles. The van der Waals surface area contributed by atoms with Gasteiger partial charge in [-0.2, -0.15) is 0 Å². The molecule has 1 saturated carbocycles. The number of benzene rings is 2. The lowest BCUT2D eigenvalue weighted by Gasteiger charge is -2.25. The maximum atomic E-state index is 13.1. The molecule has 7 heteroatoms. The number of hydrogen-bond acceptors (Lipinski definition) is 7. The van der Waals surface area contributed by atoms with E-state index < -0.39 is 11.1 Å². The van der Waals surface area contributed by atoms with Crippen LogP contribution in [0.25, 0.3) is 11.3 Å². The van der Waals surface area contributed by atoms with Crippen molar-refractivity contribution in [2.75, 3.05) is 13.7 Å². The van der Waals surface area contributed by atoms with Crippen LogP contribution in [0.2, 0.25) is 0 Å². The SMILES string of the molecule is COc1cc(C(=O)CC[C@](C)(O)c2cc3c(c(-c4ccc(C)cc4)n2)OC[C@]3(C)N)ccc1OC1CC1. The molecule has 5 rings (SSSR count). The van der Waals surface area contributed by atoms with Crippen LogP contribution in [0.1, 0.15) is 66.7 Å². The summed E-state index contributed by atoms with van der Waals surface area (Å²) in [6, 6.07) is 15.0. The molecule has 0 radical (unpaired) electrons. The van der Waals surface area contributed by atoms with Crippen molar-refractivity contribution in [1.82, 2.24) is 4.98 Å². The van der Waals surface area contributed by atoms with Crippen LogP contribution in [0.4, 0.5) is 0 Å². The van der Waals surface area contributed by atoms with Crippen LogP contribution in [0.3, 0.4) is 0 Å². The third kappa shape index (κ3) is 5.20. The molecule has 2 heterocycles. The van der Waals surface area contributed by atoms with Crippen molar-refractivity contribution in [3.63, 3.8) is 0 Å². The number of aromatic nitrogens is 1. The molecule has 0 amide bonds. The first-order valence-corrected chi connectivity index (χ1v) is 12.7. The Bertz CT molecular complexity index is 1330. The van der Waals surface area contributed by atoms with E-state index in [1.807, 2.05) is 44.2 Å². The number of aliphatic hydroxyl groups is 1. The molecule has 37 heavy (non-hydrogen) atoms. The second-order valence-corrected chi connectivity index (χ2v) is 10.7. The summed E-state index contributed by atoms with van der Waals surface area (Å²) in [5, 5.41) is 11.5. The van der Waals surface area contributed by atoms with Crippen LogP contribution in [-0.4, -0.2) is 35.7 Å². The number of carbonyl (C=O) groups is 1. The molecule has 0 unspecified atom stereocenters. The lowest BCUT2D eigenvalue weighted by atomic mass is 9.88. The van der Waals surface area contributed by atoms with E-state index in [9.17, 15) is 9.90 Å². The first-order chi connectivity index (χ1) is 17.6. The Balaban J connectivity index is 1.40. The molecule has 1 fully saturated rings. The summed E-state index contributed by atoms with van der Waals surface area (Å²) >= 11 is 0. The van der Waals surface area contributed by atoms with Gasteiger partial charge in [-0.25, -0.2) is 4.98 Å². The number of pyridine rings is 1. The van der Waals surface area contributed by atoms with Gasteiger partial charge in [-0.05, 0) is 64.3 Å². The predicted molar refractivity (Wildman–Crippen MR) is 141 cm³/mol. The van der Waals surface area contributed by atoms with E-state index in [4.69, 9.17) is 24.9 Å². The maximum Gasteiger partial charge on any atom is 0.163 e. The fourth-order valence-electron chi connectivity index (χ4n) is 4.52. The molecule has 2 aliphatic rings. The van der Waals surface area contributed by atoms with Gasteiger partial charge in [0.25, 0.3) is 0 Å². The van der Waals surface area contributed by atoms with Gasteiger partial charge < -0.3 is 25.1 Å². The summed E-state index contributed by atoms with van der Waals surface area (Å²) in [5.74, 6) is 1.73. The Morgan fingerprint density at radius 2 is 1.92 bits per heavy atom. The third-order valence-corrected chi connectivity index (χ3v) is 7.12. The Hall–Kier alpha value is -3.42. The van der Waals surface area contributed by atoms with Crippen LogP contribution in [0.5, 0.6) is 17.2 Å². The van der Waals surface area contributed by atoms with E-state index in [1.165, 1.54) is 0 Å². The minimum atomic E-state index is -1.36. The van der Waals surface area contributed by atoms with Crippen molar-refractivity contribution in [3.8, 4) is 28.5 Å². The molecule has 1 aliphatic carbocycles. The first-order valence-electron chi connectivity index (χ1n) is 12.7. The number of Topliss-reactive ketones (excluding diaryl/α,β-unsaturated/α-hetero) is 1. The monoisotopic (exact) mass is 502 g/mol. The molecule has 2 aromatic carbocycles. The molecule has 1 aromatic heterocycles. The van der Waals surface area contributed by atoms with E-state index in [-0.39, 0.29) is 24.7 Å². The number of nitrogens with zero attached hydrogens (tertiary/aromatic N) is 1. The van der Waals surface area contributed by atoms with Gasteiger partial charge in [-0.1, -0.05) is 29.8 Å². The molecule has 0 bridgehead atoms. The average molecular weight is 503 g/mol. The van der Waals surface area contributed by atoms with Crippen LogP contribution in [0.15, 0.2) is 48.5 Å². The minimum absolute atomic E-state index is 0.0940. The summed E-state index contributed by atoms with van der Waals surface area (Å²) in [6.07, 6.45) is 2.63. The van der Waals surface area contributed by atoms with Crippen molar-refractivity contribution < 1.29 is 24.1 Å². The lowest BCUT2D eigenvalue weighted by molar-refractivity contribution is 0.0396. The molecule has 0 saturated heterocycles. The second kappa shape index (κ2) is 9.47. The first kappa shape index (κ1) is 25.2. The number of methoxy groups -OCH3 is 1. The van der Waals surface area contributed by atoms with Crippen LogP contribution in [0, 0.1) is 6.92 Å². The van der Waals surface area contributed by atoms with Crippen LogP contribution in [-0.2, 0) is 11.1 Å². The standard InChI is InChI=1S/C30H34N2O5/c1-18-5-7-19(8-6-18)27-28-22(29(2,31)17-36-28)16-26(32-27)30(3,34)14-13-23(33)20-9-12-24(25(15-20)35-4)37-21-10-11-21/h5-9,12,15-16,21,34H,10-11,13-14,17,31H2,1-4H3/t29-,30-/m0/s1. The minimum Gasteiger partial charge on any atom is -0.493 e. The molecule has 3 aromatic rings. The summed E-state index contributed by atoms with van der Waals surface area (Å²) in [7, 11) is 1.56. The van der Waals surface area contributed by atoms with E-state index >= 15 is 0 Å². The van der Waals surface area contributed by atoms with Crippen molar-refractivity contribution >= 4 is 5.78 Å². The predicted octanol–water partition coefficient (Wildman–Crippen LogP) is 5.04. The van der Waals surface area contributed by atoms with Gasteiger partial charge in [0.15, 0.2) is 23.0 Å². The Kier molecular flexibility index (Phi) is 6.46. The summed E-state index contributed by atoms with van der Waals surface area (Å²) in [4.78, 5) is 17.9. The van der Waals surface area contributed by atoms with Gasteiger partial charge in [0, 0.05) is 23.1 Å². The highest BCUT2D eigenvalue weighted by atomic mass is 16.5. The molecular formula is C30H34N2O5. The average Bonchev–Trinajstić information content (AvgIpc) is 3.64. The normalized spacial score (nSPS) is 20.1. The van der Waals surface area contributed by atoms with Gasteiger partial charge in [0.2, 0.25) is 0 Å². The number of carbonyl (C=O) groups excluding carboxylic acids is 1. The zero-order valence-corrected chi connectivity index (χ0v) is 21.8. The molecule has 194 valence electrons.